The summed E-state index contributed by atoms with van der Waals surface area (Å²) in [5.41, 5.74) is 1.40. The van der Waals surface area contributed by atoms with E-state index in [1.165, 1.54) is 12.1 Å². The molecule has 1 saturated heterocycles. The highest BCUT2D eigenvalue weighted by molar-refractivity contribution is 5.94. The van der Waals surface area contributed by atoms with Crippen LogP contribution in [0.1, 0.15) is 34.8 Å². The Balaban J connectivity index is 1.28. The van der Waals surface area contributed by atoms with Gasteiger partial charge in [0.2, 0.25) is 5.88 Å². The van der Waals surface area contributed by atoms with E-state index in [9.17, 15) is 9.18 Å². The number of halogens is 1. The molecule has 3 aromatic heterocycles. The highest BCUT2D eigenvalue weighted by atomic mass is 19.1. The second-order valence-corrected chi connectivity index (χ2v) is 7.91. The molecule has 4 aromatic rings. The average molecular weight is 443 g/mol. The Bertz CT molecular complexity index is 1240. The Morgan fingerprint density at radius 3 is 2.79 bits per heavy atom. The molecule has 1 fully saturated rings. The Morgan fingerprint density at radius 1 is 1.09 bits per heavy atom. The molecule has 1 aliphatic heterocycles. The molecule has 0 bridgehead atoms. The van der Waals surface area contributed by atoms with Crippen LogP contribution in [0.5, 0.6) is 11.6 Å². The van der Waals surface area contributed by atoms with Crippen molar-refractivity contribution in [3.05, 3.63) is 96.3 Å². The Kier molecular flexibility index (Phi) is 5.80. The smallest absolute Gasteiger partial charge is 0.255 e. The summed E-state index contributed by atoms with van der Waals surface area (Å²) in [4.78, 5) is 23.9. The van der Waals surface area contributed by atoms with Crippen LogP contribution in [0.25, 0.3) is 5.82 Å². The van der Waals surface area contributed by atoms with E-state index in [0.717, 1.165) is 18.5 Å². The molecule has 1 amide bonds. The number of amides is 1. The average Bonchev–Trinajstić information content (AvgIpc) is 3.39. The van der Waals surface area contributed by atoms with Gasteiger partial charge in [-0.25, -0.2) is 19.0 Å². The molecule has 0 aliphatic carbocycles. The summed E-state index contributed by atoms with van der Waals surface area (Å²) in [6, 6.07) is 16.9. The number of carbonyl (C=O) groups is 1. The minimum absolute atomic E-state index is 0.0496. The Morgan fingerprint density at radius 2 is 2.00 bits per heavy atom. The number of nitrogens with zero attached hydrogens (tertiary/aromatic N) is 5. The predicted octanol–water partition coefficient (Wildman–Crippen LogP) is 4.61. The maximum atomic E-state index is 13.4. The summed E-state index contributed by atoms with van der Waals surface area (Å²) < 4.78 is 20.8. The number of benzene rings is 1. The van der Waals surface area contributed by atoms with Crippen molar-refractivity contribution < 1.29 is 13.9 Å². The van der Waals surface area contributed by atoms with Gasteiger partial charge in [0.1, 0.15) is 11.6 Å². The van der Waals surface area contributed by atoms with Crippen LogP contribution in [0.2, 0.25) is 0 Å². The van der Waals surface area contributed by atoms with Gasteiger partial charge in [-0.3, -0.25) is 4.79 Å². The third-order valence-corrected chi connectivity index (χ3v) is 5.62. The zero-order chi connectivity index (χ0) is 22.6. The van der Waals surface area contributed by atoms with Crippen molar-refractivity contribution in [1.82, 2.24) is 24.6 Å². The summed E-state index contributed by atoms with van der Waals surface area (Å²) >= 11 is 0. The van der Waals surface area contributed by atoms with Gasteiger partial charge in [-0.1, -0.05) is 12.1 Å². The molecule has 4 heterocycles. The van der Waals surface area contributed by atoms with Crippen LogP contribution < -0.4 is 4.74 Å². The van der Waals surface area contributed by atoms with E-state index in [4.69, 9.17) is 4.74 Å². The number of pyridine rings is 2. The number of carbonyl (C=O) groups excluding carboxylic acids is 1. The maximum Gasteiger partial charge on any atom is 0.255 e. The number of hydrogen-bond acceptors (Lipinski definition) is 5. The van der Waals surface area contributed by atoms with Gasteiger partial charge < -0.3 is 9.64 Å². The highest BCUT2D eigenvalue weighted by Crippen LogP contribution is 2.29. The van der Waals surface area contributed by atoms with E-state index in [1.54, 1.807) is 53.6 Å². The van der Waals surface area contributed by atoms with Crippen LogP contribution in [-0.4, -0.2) is 43.6 Å². The second-order valence-electron chi connectivity index (χ2n) is 7.91. The topological polar surface area (TPSA) is 73.1 Å². The zero-order valence-corrected chi connectivity index (χ0v) is 17.8. The van der Waals surface area contributed by atoms with E-state index >= 15 is 0 Å². The normalized spacial score (nSPS) is 15.9. The SMILES string of the molecule is O=C(c1ccc(-n2cccn2)nc1)N1CCCC(c2cccc(Oc3cccc(F)c3)n2)C1. The predicted molar refractivity (Wildman–Crippen MR) is 120 cm³/mol. The van der Waals surface area contributed by atoms with Crippen molar-refractivity contribution in [2.75, 3.05) is 13.1 Å². The van der Waals surface area contributed by atoms with Gasteiger partial charge in [0.05, 0.1) is 5.56 Å². The molecule has 166 valence electrons. The molecule has 0 N–H and O–H groups in total. The molecule has 33 heavy (non-hydrogen) atoms. The molecule has 1 unspecified atom stereocenters. The lowest BCUT2D eigenvalue weighted by Crippen LogP contribution is -2.39. The van der Waals surface area contributed by atoms with E-state index in [-0.39, 0.29) is 17.6 Å². The quantitative estimate of drug-likeness (QED) is 0.450. The molecule has 1 aliphatic rings. The lowest BCUT2D eigenvalue weighted by molar-refractivity contribution is 0.0705. The maximum absolute atomic E-state index is 13.4. The van der Waals surface area contributed by atoms with Crippen LogP contribution in [-0.2, 0) is 0 Å². The summed E-state index contributed by atoms with van der Waals surface area (Å²) in [6.45, 7) is 1.26. The first-order chi connectivity index (χ1) is 16.2. The lowest BCUT2D eigenvalue weighted by atomic mass is 9.94. The van der Waals surface area contributed by atoms with Crippen molar-refractivity contribution in [3.63, 3.8) is 0 Å². The molecule has 1 aromatic carbocycles. The highest BCUT2D eigenvalue weighted by Gasteiger charge is 2.27. The minimum Gasteiger partial charge on any atom is -0.439 e. The largest absolute Gasteiger partial charge is 0.439 e. The molecule has 7 nitrogen and oxygen atoms in total. The van der Waals surface area contributed by atoms with E-state index in [2.05, 4.69) is 15.1 Å². The van der Waals surface area contributed by atoms with E-state index in [0.29, 0.717) is 36.1 Å². The first-order valence-corrected chi connectivity index (χ1v) is 10.8. The van der Waals surface area contributed by atoms with Gasteiger partial charge in [-0.05, 0) is 49.2 Å². The van der Waals surface area contributed by atoms with Gasteiger partial charge in [0, 0.05) is 55.4 Å². The summed E-state index contributed by atoms with van der Waals surface area (Å²) in [7, 11) is 0. The monoisotopic (exact) mass is 443 g/mol. The summed E-state index contributed by atoms with van der Waals surface area (Å²) in [5.74, 6) is 1.14. The number of rotatable bonds is 5. The molecule has 0 spiro atoms. The van der Waals surface area contributed by atoms with Crippen LogP contribution in [0.4, 0.5) is 4.39 Å². The fraction of sp³-hybridized carbons (Fsp3) is 0.200. The van der Waals surface area contributed by atoms with Crippen molar-refractivity contribution >= 4 is 5.91 Å². The fourth-order valence-corrected chi connectivity index (χ4v) is 4.00. The zero-order valence-electron chi connectivity index (χ0n) is 17.8. The molecule has 5 rings (SSSR count). The van der Waals surface area contributed by atoms with Crippen LogP contribution >= 0.6 is 0 Å². The van der Waals surface area contributed by atoms with Crippen molar-refractivity contribution in [1.29, 1.82) is 0 Å². The van der Waals surface area contributed by atoms with Crippen LogP contribution in [0, 0.1) is 5.82 Å². The van der Waals surface area contributed by atoms with Crippen molar-refractivity contribution in [2.24, 2.45) is 0 Å². The van der Waals surface area contributed by atoms with Gasteiger partial charge in [0.25, 0.3) is 5.91 Å². The molecule has 8 heteroatoms. The van der Waals surface area contributed by atoms with Crippen LogP contribution in [0.15, 0.2) is 79.3 Å². The minimum atomic E-state index is -0.364. The molecule has 0 saturated carbocycles. The Labute approximate surface area is 190 Å². The number of ether oxygens (including phenoxy) is 1. The lowest BCUT2D eigenvalue weighted by Gasteiger charge is -2.32. The number of likely N-dealkylation sites (tertiary alicyclic amines) is 1. The number of aromatic nitrogens is 4. The number of hydrogen-bond donors (Lipinski definition) is 0. The fourth-order valence-electron chi connectivity index (χ4n) is 4.00. The van der Waals surface area contributed by atoms with Gasteiger partial charge in [-0.2, -0.15) is 5.10 Å². The summed E-state index contributed by atoms with van der Waals surface area (Å²) in [5, 5.41) is 4.16. The number of piperidine rings is 1. The van der Waals surface area contributed by atoms with Crippen molar-refractivity contribution in [2.45, 2.75) is 18.8 Å². The molecule has 1 atom stereocenters. The summed E-state index contributed by atoms with van der Waals surface area (Å²) in [6.07, 6.45) is 6.89. The molecular weight excluding hydrogens is 421 g/mol. The first kappa shape index (κ1) is 20.8. The standard InChI is InChI=1S/C25H22FN5O2/c26-20-6-1-7-21(15-20)33-24-9-2-8-22(29-24)19-5-3-13-30(17-19)25(32)18-10-11-23(27-16-18)31-14-4-12-28-31/h1-2,4,6-12,14-16,19H,3,5,13,17H2. The van der Waals surface area contributed by atoms with Gasteiger partial charge in [0.15, 0.2) is 5.82 Å². The molecule has 0 radical (unpaired) electrons. The molecular formula is C25H22FN5O2. The van der Waals surface area contributed by atoms with E-state index in [1.807, 2.05) is 23.1 Å². The van der Waals surface area contributed by atoms with E-state index < -0.39 is 0 Å². The van der Waals surface area contributed by atoms with Gasteiger partial charge in [-0.15, -0.1) is 0 Å². The third-order valence-electron chi connectivity index (χ3n) is 5.62. The van der Waals surface area contributed by atoms with Gasteiger partial charge >= 0.3 is 0 Å². The van der Waals surface area contributed by atoms with Crippen LogP contribution in [0.3, 0.4) is 0 Å². The third kappa shape index (κ3) is 4.74. The van der Waals surface area contributed by atoms with Crippen molar-refractivity contribution in [3.8, 4) is 17.4 Å². The second kappa shape index (κ2) is 9.20. The Hall–Kier alpha value is -4.07. The first-order valence-electron chi connectivity index (χ1n) is 10.8.